The van der Waals surface area contributed by atoms with E-state index in [4.69, 9.17) is 12.2 Å². The molecule has 0 unspecified atom stereocenters. The lowest BCUT2D eigenvalue weighted by Crippen LogP contribution is -2.29. The normalized spacial score (nSPS) is 10.8. The average molecular weight is 331 g/mol. The quantitative estimate of drug-likeness (QED) is 0.254. The van der Waals surface area contributed by atoms with Gasteiger partial charge < -0.3 is 4.90 Å². The molecule has 1 nitrogen and oxygen atoms in total. The Kier molecular flexibility index (Phi) is 16.8. The molecule has 0 aliphatic heterocycles. The van der Waals surface area contributed by atoms with E-state index in [1.54, 1.807) is 0 Å². The minimum Gasteiger partial charge on any atom is -0.358 e. The Labute approximate surface area is 143 Å². The molecular weight excluding hydrogens is 294 g/mol. The Hall–Kier alpha value is 0.240. The molecule has 3 heteroatoms. The van der Waals surface area contributed by atoms with Crippen molar-refractivity contribution in [1.29, 1.82) is 0 Å². The maximum atomic E-state index is 5.44. The maximum absolute atomic E-state index is 5.44. The van der Waals surface area contributed by atoms with Gasteiger partial charge in [-0.3, -0.25) is 0 Å². The van der Waals surface area contributed by atoms with Gasteiger partial charge in [-0.05, 0) is 12.8 Å². The van der Waals surface area contributed by atoms with Crippen LogP contribution in [0.5, 0.6) is 0 Å². The van der Waals surface area contributed by atoms with Crippen LogP contribution in [0.25, 0.3) is 0 Å². The van der Waals surface area contributed by atoms with Gasteiger partial charge in [-0.2, -0.15) is 0 Å². The van der Waals surface area contributed by atoms with Gasteiger partial charge in [0.15, 0.2) is 0 Å². The number of thiocarbonyl (C=S) groups is 1. The summed E-state index contributed by atoms with van der Waals surface area (Å²) in [7, 11) is 0. The van der Waals surface area contributed by atoms with Gasteiger partial charge in [-0.25, -0.2) is 0 Å². The first kappa shape index (κ1) is 21.2. The summed E-state index contributed by atoms with van der Waals surface area (Å²) in [6, 6.07) is 0. The Morgan fingerprint density at radius 2 is 1.14 bits per heavy atom. The molecule has 125 valence electrons. The summed E-state index contributed by atoms with van der Waals surface area (Å²) >= 11 is 6.93. The number of rotatable bonds is 14. The van der Waals surface area contributed by atoms with E-state index in [-0.39, 0.29) is 0 Å². The first-order valence-corrected chi connectivity index (χ1v) is 10.4. The zero-order valence-corrected chi connectivity index (χ0v) is 16.0. The van der Waals surface area contributed by atoms with Crippen LogP contribution in [-0.2, 0) is 0 Å². The molecule has 0 aliphatic carbocycles. The van der Waals surface area contributed by atoms with Crippen LogP contribution in [0.4, 0.5) is 0 Å². The molecule has 0 bridgehead atoms. The highest BCUT2D eigenvalue weighted by Crippen LogP contribution is 2.13. The highest BCUT2D eigenvalue weighted by molar-refractivity contribution is 8.23. The lowest BCUT2D eigenvalue weighted by Gasteiger charge is -2.24. The summed E-state index contributed by atoms with van der Waals surface area (Å²) in [5, 5.41) is 0. The Bertz CT molecular complexity index is 215. The van der Waals surface area contributed by atoms with E-state index in [0.29, 0.717) is 0 Å². The molecule has 0 heterocycles. The fourth-order valence-electron chi connectivity index (χ4n) is 2.55. The predicted octanol–water partition coefficient (Wildman–Crippen LogP) is 6.82. The van der Waals surface area contributed by atoms with E-state index in [0.717, 1.165) is 17.4 Å². The van der Waals surface area contributed by atoms with Crippen molar-refractivity contribution in [1.82, 2.24) is 4.90 Å². The smallest absolute Gasteiger partial charge is 0.136 e. The number of unbranched alkanes of at least 4 members (excludes halogenated alkanes) is 10. The molecule has 0 atom stereocenters. The number of nitrogens with zero attached hydrogens (tertiary/aromatic N) is 1. The van der Waals surface area contributed by atoms with E-state index in [1.165, 1.54) is 88.8 Å². The van der Waals surface area contributed by atoms with Gasteiger partial charge in [0.1, 0.15) is 4.32 Å². The van der Waals surface area contributed by atoms with Crippen molar-refractivity contribution in [3.63, 3.8) is 0 Å². The zero-order valence-electron chi connectivity index (χ0n) is 14.4. The summed E-state index contributed by atoms with van der Waals surface area (Å²) < 4.78 is 0.983. The molecular formula is C18H36NS2. The molecule has 0 amide bonds. The molecule has 0 rings (SSSR count). The van der Waals surface area contributed by atoms with Crippen molar-refractivity contribution in [2.75, 3.05) is 13.1 Å². The minimum atomic E-state index is 0.983. The molecule has 0 saturated carbocycles. The molecule has 0 aromatic rings. The largest absolute Gasteiger partial charge is 0.358 e. The third kappa shape index (κ3) is 13.6. The van der Waals surface area contributed by atoms with Crippen molar-refractivity contribution < 1.29 is 0 Å². The van der Waals surface area contributed by atoms with Gasteiger partial charge in [0.2, 0.25) is 0 Å². The van der Waals surface area contributed by atoms with Gasteiger partial charge in [0.05, 0.1) is 0 Å². The Morgan fingerprint density at radius 3 is 1.52 bits per heavy atom. The standard InChI is InChI=1S/C18H36NS2/c1-4-6-8-10-12-14-16-19(18(20)21-3)17-15-13-11-9-7-5-2/h3-17H2,1-2H3. The summed E-state index contributed by atoms with van der Waals surface area (Å²) in [5.41, 5.74) is 0. The molecule has 21 heavy (non-hydrogen) atoms. The van der Waals surface area contributed by atoms with Crippen molar-refractivity contribution in [2.45, 2.75) is 90.9 Å². The molecule has 0 aliphatic rings. The number of hydrogen-bond acceptors (Lipinski definition) is 2. The van der Waals surface area contributed by atoms with Crippen LogP contribution in [0, 0.1) is 6.26 Å². The molecule has 0 N–H and O–H groups in total. The highest BCUT2D eigenvalue weighted by Gasteiger charge is 2.07. The maximum Gasteiger partial charge on any atom is 0.136 e. The average Bonchev–Trinajstić information content (AvgIpc) is 2.51. The van der Waals surface area contributed by atoms with Crippen LogP contribution in [0.1, 0.15) is 90.9 Å². The Morgan fingerprint density at radius 1 is 0.762 bits per heavy atom. The van der Waals surface area contributed by atoms with E-state index in [9.17, 15) is 0 Å². The van der Waals surface area contributed by atoms with Crippen LogP contribution in [0.15, 0.2) is 0 Å². The zero-order chi connectivity index (χ0) is 15.8. The van der Waals surface area contributed by atoms with E-state index in [2.05, 4.69) is 25.0 Å². The second kappa shape index (κ2) is 16.6. The fraction of sp³-hybridized carbons (Fsp3) is 0.889. The van der Waals surface area contributed by atoms with Crippen LogP contribution in [0.3, 0.4) is 0 Å². The minimum absolute atomic E-state index is 0.983. The van der Waals surface area contributed by atoms with Gasteiger partial charge >= 0.3 is 0 Å². The van der Waals surface area contributed by atoms with Crippen molar-refractivity contribution >= 4 is 28.3 Å². The summed E-state index contributed by atoms with van der Waals surface area (Å²) in [4.78, 5) is 2.38. The van der Waals surface area contributed by atoms with Gasteiger partial charge in [-0.1, -0.05) is 102 Å². The van der Waals surface area contributed by atoms with Crippen molar-refractivity contribution in [2.24, 2.45) is 0 Å². The highest BCUT2D eigenvalue weighted by atomic mass is 32.2. The summed E-state index contributed by atoms with van der Waals surface area (Å²) in [6.45, 7) is 6.79. The second-order valence-electron chi connectivity index (χ2n) is 5.93. The second-order valence-corrected chi connectivity index (χ2v) is 7.25. The molecule has 0 saturated heterocycles. The van der Waals surface area contributed by atoms with Gasteiger partial charge in [0.25, 0.3) is 0 Å². The fourth-order valence-corrected chi connectivity index (χ4v) is 3.10. The first-order valence-electron chi connectivity index (χ1n) is 8.97. The van der Waals surface area contributed by atoms with E-state index in [1.807, 2.05) is 0 Å². The molecule has 0 aromatic heterocycles. The van der Waals surface area contributed by atoms with Gasteiger partial charge in [0, 0.05) is 19.3 Å². The van der Waals surface area contributed by atoms with E-state index < -0.39 is 0 Å². The van der Waals surface area contributed by atoms with Crippen LogP contribution in [-0.4, -0.2) is 22.3 Å². The van der Waals surface area contributed by atoms with Crippen molar-refractivity contribution in [3.05, 3.63) is 6.26 Å². The first-order chi connectivity index (χ1) is 10.3. The lowest BCUT2D eigenvalue weighted by molar-refractivity contribution is 0.395. The third-order valence-corrected chi connectivity index (χ3v) is 5.06. The Balaban J connectivity index is 3.70. The van der Waals surface area contributed by atoms with Crippen molar-refractivity contribution in [3.8, 4) is 0 Å². The molecule has 0 spiro atoms. The molecule has 1 radical (unpaired) electrons. The monoisotopic (exact) mass is 330 g/mol. The number of hydrogen-bond donors (Lipinski definition) is 0. The van der Waals surface area contributed by atoms with E-state index >= 15 is 0 Å². The van der Waals surface area contributed by atoms with Crippen LogP contribution in [0.2, 0.25) is 0 Å². The van der Waals surface area contributed by atoms with Gasteiger partial charge in [-0.15, -0.1) is 0 Å². The van der Waals surface area contributed by atoms with Crippen LogP contribution < -0.4 is 0 Å². The lowest BCUT2D eigenvalue weighted by atomic mass is 10.1. The molecule has 0 fully saturated rings. The number of thioether (sulfide) groups is 1. The topological polar surface area (TPSA) is 3.24 Å². The SMILES string of the molecule is [CH2]SC(=S)N(CCCCCCCC)CCCCCCCC. The molecule has 0 aromatic carbocycles. The van der Waals surface area contributed by atoms with Crippen LogP contribution >= 0.6 is 24.0 Å². The predicted molar refractivity (Wildman–Crippen MR) is 104 cm³/mol. The summed E-state index contributed by atoms with van der Waals surface area (Å²) in [5.74, 6) is 0. The summed E-state index contributed by atoms with van der Waals surface area (Å²) in [6.07, 6.45) is 20.1. The third-order valence-electron chi connectivity index (χ3n) is 3.94.